The number of nitrogens with zero attached hydrogens (tertiary/aromatic N) is 9. The molecule has 55 heavy (non-hydrogen) atoms. The van der Waals surface area contributed by atoms with Crippen molar-refractivity contribution >= 4 is 28.7 Å². The third-order valence-electron chi connectivity index (χ3n) is 8.20. The molecule has 4 aromatic rings. The van der Waals surface area contributed by atoms with Crippen LogP contribution in [0.15, 0.2) is 42.9 Å². The second-order valence-corrected chi connectivity index (χ2v) is 17.1. The summed E-state index contributed by atoms with van der Waals surface area (Å²) < 4.78 is 36.9. The molecule has 3 aromatic heterocycles. The molecule has 0 atom stereocenters. The summed E-state index contributed by atoms with van der Waals surface area (Å²) in [5, 5.41) is 28.7. The fourth-order valence-electron chi connectivity index (χ4n) is 5.32. The molecule has 0 aliphatic carbocycles. The normalized spacial score (nSPS) is 12.3. The van der Waals surface area contributed by atoms with Crippen LogP contribution in [0.5, 0.6) is 0 Å². The maximum absolute atomic E-state index is 11.9. The topological polar surface area (TPSA) is 167 Å². The SMILES string of the molecule is CC(C)CCn1cc(COCC(COCc2ccc(I)cc2)(COCc2cn(CCC(C)C)nn2)Cn2cc(COCCNC(=O)OC(C)(C)C)nn2)nn1. The third-order valence-corrected chi connectivity index (χ3v) is 8.92. The molecule has 17 heteroatoms. The highest BCUT2D eigenvalue weighted by molar-refractivity contribution is 14.1. The number of aromatic nitrogens is 9. The minimum Gasteiger partial charge on any atom is -0.444 e. The lowest BCUT2D eigenvalue weighted by Gasteiger charge is -2.33. The molecule has 0 aliphatic heterocycles. The lowest BCUT2D eigenvalue weighted by atomic mass is 9.90. The molecule has 1 N–H and O–H groups in total. The Kier molecular flexibility index (Phi) is 17.9. The zero-order chi connectivity index (χ0) is 39.7. The Labute approximate surface area is 338 Å². The Bertz CT molecular complexity index is 1630. The molecule has 0 aliphatic rings. The van der Waals surface area contributed by atoms with Gasteiger partial charge in [-0.05, 0) is 85.7 Å². The molecule has 16 nitrogen and oxygen atoms in total. The molecule has 304 valence electrons. The van der Waals surface area contributed by atoms with Crippen molar-refractivity contribution in [2.24, 2.45) is 17.3 Å². The quantitative estimate of drug-likeness (QED) is 0.0626. The second-order valence-electron chi connectivity index (χ2n) is 15.8. The lowest BCUT2D eigenvalue weighted by Crippen LogP contribution is -2.41. The van der Waals surface area contributed by atoms with Gasteiger partial charge in [0.25, 0.3) is 0 Å². The fourth-order valence-corrected chi connectivity index (χ4v) is 5.68. The molecule has 0 fully saturated rings. The van der Waals surface area contributed by atoms with Crippen molar-refractivity contribution in [1.29, 1.82) is 0 Å². The number of aryl methyl sites for hydroxylation is 2. The van der Waals surface area contributed by atoms with Gasteiger partial charge in [0.1, 0.15) is 22.7 Å². The number of alkyl carbamates (subject to hydrolysis) is 1. The van der Waals surface area contributed by atoms with E-state index in [9.17, 15) is 4.79 Å². The van der Waals surface area contributed by atoms with Crippen LogP contribution in [-0.2, 0) is 69.7 Å². The van der Waals surface area contributed by atoms with Gasteiger partial charge in [0.05, 0.1) is 83.4 Å². The molecule has 0 saturated carbocycles. The Hall–Kier alpha value is -3.52. The molecular weight excluding hydrogens is 819 g/mol. The van der Waals surface area contributed by atoms with E-state index in [4.69, 9.17) is 23.7 Å². The predicted octanol–water partition coefficient (Wildman–Crippen LogP) is 5.84. The number of rotatable bonds is 25. The number of benzene rings is 1. The molecule has 3 heterocycles. The van der Waals surface area contributed by atoms with E-state index in [0.717, 1.165) is 46.5 Å². The summed E-state index contributed by atoms with van der Waals surface area (Å²) in [6.45, 7) is 18.8. The lowest BCUT2D eigenvalue weighted by molar-refractivity contribution is -0.0900. The first kappa shape index (κ1) is 44.2. The van der Waals surface area contributed by atoms with Crippen LogP contribution in [0.1, 0.15) is 84.0 Å². The van der Waals surface area contributed by atoms with Crippen LogP contribution < -0.4 is 5.32 Å². The molecule has 0 spiro atoms. The zero-order valence-electron chi connectivity index (χ0n) is 33.4. The number of carbonyl (C=O) groups excluding carboxylic acids is 1. The minimum atomic E-state index is -0.687. The maximum atomic E-state index is 11.9. The summed E-state index contributed by atoms with van der Waals surface area (Å²) in [7, 11) is 0. The highest BCUT2D eigenvalue weighted by Gasteiger charge is 2.34. The van der Waals surface area contributed by atoms with Crippen LogP contribution in [0, 0.1) is 20.8 Å². The van der Waals surface area contributed by atoms with Gasteiger partial charge < -0.3 is 29.0 Å². The van der Waals surface area contributed by atoms with E-state index < -0.39 is 17.1 Å². The number of hydrogen-bond acceptors (Lipinski definition) is 12. The third kappa shape index (κ3) is 17.4. The van der Waals surface area contributed by atoms with Crippen LogP contribution in [0.2, 0.25) is 0 Å². The fraction of sp³-hybridized carbons (Fsp3) is 0.658. The van der Waals surface area contributed by atoms with Gasteiger partial charge in [0, 0.05) is 23.2 Å². The molecule has 0 bridgehead atoms. The summed E-state index contributed by atoms with van der Waals surface area (Å²) in [5.41, 5.74) is 1.95. The van der Waals surface area contributed by atoms with E-state index >= 15 is 0 Å². The van der Waals surface area contributed by atoms with Crippen molar-refractivity contribution in [2.75, 3.05) is 33.0 Å². The second kappa shape index (κ2) is 22.3. The smallest absolute Gasteiger partial charge is 0.407 e. The maximum Gasteiger partial charge on any atom is 0.407 e. The van der Waals surface area contributed by atoms with Gasteiger partial charge in [0.2, 0.25) is 0 Å². The zero-order valence-corrected chi connectivity index (χ0v) is 35.6. The first-order valence-corrected chi connectivity index (χ1v) is 20.0. The number of nitrogens with one attached hydrogen (secondary N) is 1. The van der Waals surface area contributed by atoms with E-state index in [1.54, 1.807) is 4.68 Å². The van der Waals surface area contributed by atoms with Gasteiger partial charge in [-0.15, -0.1) is 15.3 Å². The monoisotopic (exact) mass is 878 g/mol. The highest BCUT2D eigenvalue weighted by atomic mass is 127. The van der Waals surface area contributed by atoms with Gasteiger partial charge in [0.15, 0.2) is 0 Å². The number of ether oxygens (including phenoxy) is 5. The predicted molar refractivity (Wildman–Crippen MR) is 213 cm³/mol. The van der Waals surface area contributed by atoms with Gasteiger partial charge in [-0.3, -0.25) is 14.0 Å². The molecule has 0 unspecified atom stereocenters. The Balaban J connectivity index is 1.45. The van der Waals surface area contributed by atoms with Crippen LogP contribution >= 0.6 is 22.6 Å². The number of halogens is 1. The van der Waals surface area contributed by atoms with Crippen LogP contribution in [0.25, 0.3) is 0 Å². The van der Waals surface area contributed by atoms with Crippen molar-refractivity contribution in [1.82, 2.24) is 50.3 Å². The summed E-state index contributed by atoms with van der Waals surface area (Å²) in [4.78, 5) is 11.9. The standard InChI is InChI=1S/C38H59IN10O6/c1-29(2)12-15-47-18-33(41-44-47)23-53-27-38(26-52-21-31-8-10-32(39)11-9-31,28-54-24-34-19-48(45-42-34)16-13-30(3)4)25-49-20-35(43-46-49)22-51-17-14-40-36(50)55-37(5,6)7/h8-11,18-20,29-30H,12-17,21-28H2,1-7H3,(H,40,50). The number of amides is 1. The minimum absolute atomic E-state index is 0.220. The largest absolute Gasteiger partial charge is 0.444 e. The van der Waals surface area contributed by atoms with E-state index in [1.807, 2.05) is 48.7 Å². The molecule has 1 amide bonds. The van der Waals surface area contributed by atoms with Crippen molar-refractivity contribution in [3.05, 3.63) is 69.1 Å². The van der Waals surface area contributed by atoms with Crippen LogP contribution in [-0.4, -0.2) is 89.6 Å². The molecule has 1 aromatic carbocycles. The van der Waals surface area contributed by atoms with Crippen molar-refractivity contribution in [3.8, 4) is 0 Å². The molecule has 0 saturated heterocycles. The molecule has 4 rings (SSSR count). The average molecular weight is 879 g/mol. The van der Waals surface area contributed by atoms with Gasteiger partial charge in [-0.2, -0.15) is 0 Å². The van der Waals surface area contributed by atoms with Crippen LogP contribution in [0.3, 0.4) is 0 Å². The summed E-state index contributed by atoms with van der Waals surface area (Å²) in [5.74, 6) is 1.14. The summed E-state index contributed by atoms with van der Waals surface area (Å²) in [6, 6.07) is 8.25. The van der Waals surface area contributed by atoms with E-state index in [1.165, 1.54) is 0 Å². The van der Waals surface area contributed by atoms with E-state index in [0.29, 0.717) is 43.8 Å². The Morgan fingerprint density at radius 2 is 1.18 bits per heavy atom. The van der Waals surface area contributed by atoms with Gasteiger partial charge in [-0.25, -0.2) is 4.79 Å². The average Bonchev–Trinajstić information content (AvgIpc) is 3.88. The van der Waals surface area contributed by atoms with Crippen LogP contribution in [0.4, 0.5) is 4.79 Å². The number of hydrogen-bond donors (Lipinski definition) is 1. The highest BCUT2D eigenvalue weighted by Crippen LogP contribution is 2.25. The summed E-state index contributed by atoms with van der Waals surface area (Å²) >= 11 is 2.30. The molecular formula is C38H59IN10O6. The van der Waals surface area contributed by atoms with E-state index in [-0.39, 0.29) is 39.6 Å². The Morgan fingerprint density at radius 1 is 0.709 bits per heavy atom. The van der Waals surface area contributed by atoms with Crippen molar-refractivity contribution in [2.45, 2.75) is 113 Å². The van der Waals surface area contributed by atoms with E-state index in [2.05, 4.69) is 111 Å². The first-order chi connectivity index (χ1) is 26.3. The Morgan fingerprint density at radius 3 is 1.69 bits per heavy atom. The van der Waals surface area contributed by atoms with Gasteiger partial charge in [-0.1, -0.05) is 55.5 Å². The van der Waals surface area contributed by atoms with Crippen molar-refractivity contribution < 1.29 is 28.5 Å². The number of carbonyl (C=O) groups is 1. The van der Waals surface area contributed by atoms with Gasteiger partial charge >= 0.3 is 6.09 Å². The first-order valence-electron chi connectivity index (χ1n) is 19.0. The van der Waals surface area contributed by atoms with Crippen molar-refractivity contribution in [3.63, 3.8) is 0 Å². The molecule has 0 radical (unpaired) electrons. The summed E-state index contributed by atoms with van der Waals surface area (Å²) in [6.07, 6.45) is 7.25.